The molecule has 0 bridgehead atoms. The Labute approximate surface area is 78.0 Å². The van der Waals surface area contributed by atoms with Crippen LogP contribution in [-0.2, 0) is 11.8 Å². The molecule has 1 N–H and O–H groups in total. The molecule has 1 aromatic heterocycles. The Morgan fingerprint density at radius 3 is 2.38 bits per heavy atom. The molecule has 0 aliphatic heterocycles. The van der Waals surface area contributed by atoms with Crippen molar-refractivity contribution in [3.05, 3.63) is 23.0 Å². The van der Waals surface area contributed by atoms with Crippen molar-refractivity contribution in [1.82, 2.24) is 4.57 Å². The van der Waals surface area contributed by atoms with Crippen LogP contribution < -0.4 is 0 Å². The smallest absolute Gasteiger partial charge is 0.310 e. The summed E-state index contributed by atoms with van der Waals surface area (Å²) in [6.45, 7) is 5.64. The van der Waals surface area contributed by atoms with Crippen LogP contribution in [0.15, 0.2) is 6.07 Å². The lowest BCUT2D eigenvalue weighted by atomic mass is 10.0. The van der Waals surface area contributed by atoms with E-state index in [1.54, 1.807) is 6.92 Å². The minimum Gasteiger partial charge on any atom is -0.481 e. The molecule has 0 radical (unpaired) electrons. The molecular formula is C10H15NO2. The van der Waals surface area contributed by atoms with E-state index in [0.717, 1.165) is 17.0 Å². The molecule has 0 fully saturated rings. The number of hydrogen-bond donors (Lipinski definition) is 1. The number of aryl methyl sites for hydroxylation is 1. The lowest BCUT2D eigenvalue weighted by molar-refractivity contribution is -0.138. The molecule has 1 heterocycles. The molecular weight excluding hydrogens is 166 g/mol. The third-order valence-electron chi connectivity index (χ3n) is 2.65. The van der Waals surface area contributed by atoms with Gasteiger partial charge in [0.15, 0.2) is 0 Å². The Morgan fingerprint density at radius 2 is 2.08 bits per heavy atom. The van der Waals surface area contributed by atoms with Crippen LogP contribution in [-0.4, -0.2) is 15.6 Å². The summed E-state index contributed by atoms with van der Waals surface area (Å²) in [5, 5.41) is 8.85. The summed E-state index contributed by atoms with van der Waals surface area (Å²) >= 11 is 0. The average molecular weight is 181 g/mol. The van der Waals surface area contributed by atoms with Crippen LogP contribution in [0.2, 0.25) is 0 Å². The molecule has 0 saturated heterocycles. The number of carboxylic acids is 1. The van der Waals surface area contributed by atoms with Crippen molar-refractivity contribution in [2.75, 3.05) is 0 Å². The van der Waals surface area contributed by atoms with E-state index in [2.05, 4.69) is 0 Å². The maximum absolute atomic E-state index is 10.8. The summed E-state index contributed by atoms with van der Waals surface area (Å²) in [6, 6.07) is 1.94. The predicted octanol–water partition coefficient (Wildman–Crippen LogP) is 1.83. The van der Waals surface area contributed by atoms with Crippen LogP contribution in [0.25, 0.3) is 0 Å². The second-order valence-corrected chi connectivity index (χ2v) is 3.45. The second-order valence-electron chi connectivity index (χ2n) is 3.45. The van der Waals surface area contributed by atoms with E-state index in [1.165, 1.54) is 0 Å². The quantitative estimate of drug-likeness (QED) is 0.756. The van der Waals surface area contributed by atoms with E-state index in [-0.39, 0.29) is 0 Å². The molecule has 0 amide bonds. The monoisotopic (exact) mass is 181 g/mol. The normalized spacial score (nSPS) is 12.9. The fourth-order valence-corrected chi connectivity index (χ4v) is 1.46. The Bertz CT molecular complexity index is 339. The fraction of sp³-hybridized carbons (Fsp3) is 0.500. The van der Waals surface area contributed by atoms with Crippen LogP contribution in [0.4, 0.5) is 0 Å². The largest absolute Gasteiger partial charge is 0.481 e. The standard InChI is InChI=1S/C10H15NO2/c1-6-5-9(7(2)10(12)13)8(3)11(6)4/h5,7H,1-4H3,(H,12,13). The highest BCUT2D eigenvalue weighted by molar-refractivity contribution is 5.76. The molecule has 3 heteroatoms. The van der Waals surface area contributed by atoms with Crippen LogP contribution in [0.3, 0.4) is 0 Å². The van der Waals surface area contributed by atoms with Crippen LogP contribution >= 0.6 is 0 Å². The van der Waals surface area contributed by atoms with E-state index >= 15 is 0 Å². The molecule has 0 aliphatic rings. The second kappa shape index (κ2) is 3.24. The lowest BCUT2D eigenvalue weighted by Gasteiger charge is -2.06. The van der Waals surface area contributed by atoms with Crippen molar-refractivity contribution in [3.63, 3.8) is 0 Å². The predicted molar refractivity (Wildman–Crippen MR) is 50.9 cm³/mol. The van der Waals surface area contributed by atoms with Crippen molar-refractivity contribution in [1.29, 1.82) is 0 Å². The summed E-state index contributed by atoms with van der Waals surface area (Å²) < 4.78 is 2.01. The zero-order valence-corrected chi connectivity index (χ0v) is 8.46. The lowest BCUT2D eigenvalue weighted by Crippen LogP contribution is -2.08. The van der Waals surface area contributed by atoms with E-state index < -0.39 is 11.9 Å². The van der Waals surface area contributed by atoms with Gasteiger partial charge in [-0.15, -0.1) is 0 Å². The Hall–Kier alpha value is -1.25. The first-order valence-corrected chi connectivity index (χ1v) is 4.30. The highest BCUT2D eigenvalue weighted by Gasteiger charge is 2.18. The Kier molecular flexibility index (Phi) is 2.45. The van der Waals surface area contributed by atoms with Gasteiger partial charge < -0.3 is 9.67 Å². The molecule has 1 unspecified atom stereocenters. The first-order valence-electron chi connectivity index (χ1n) is 4.30. The van der Waals surface area contributed by atoms with E-state index in [9.17, 15) is 4.79 Å². The van der Waals surface area contributed by atoms with E-state index in [0.29, 0.717) is 0 Å². The third-order valence-corrected chi connectivity index (χ3v) is 2.65. The molecule has 13 heavy (non-hydrogen) atoms. The number of aromatic nitrogens is 1. The number of hydrogen-bond acceptors (Lipinski definition) is 1. The summed E-state index contributed by atoms with van der Waals surface area (Å²) in [5.41, 5.74) is 3.04. The maximum Gasteiger partial charge on any atom is 0.310 e. The minimum atomic E-state index is -0.770. The van der Waals surface area contributed by atoms with Gasteiger partial charge in [-0.3, -0.25) is 4.79 Å². The molecule has 0 aliphatic carbocycles. The molecule has 1 atom stereocenters. The van der Waals surface area contributed by atoms with E-state index in [4.69, 9.17) is 5.11 Å². The van der Waals surface area contributed by atoms with E-state index in [1.807, 2.05) is 31.5 Å². The van der Waals surface area contributed by atoms with Crippen molar-refractivity contribution in [2.24, 2.45) is 7.05 Å². The van der Waals surface area contributed by atoms with Gasteiger partial charge in [0.25, 0.3) is 0 Å². The first kappa shape index (κ1) is 9.84. The molecule has 0 aromatic carbocycles. The summed E-state index contributed by atoms with van der Waals surface area (Å²) in [4.78, 5) is 10.8. The highest BCUT2D eigenvalue weighted by Crippen LogP contribution is 2.22. The molecule has 3 nitrogen and oxygen atoms in total. The van der Waals surface area contributed by atoms with Crippen LogP contribution in [0.5, 0.6) is 0 Å². The Morgan fingerprint density at radius 1 is 1.54 bits per heavy atom. The number of carboxylic acid groups (broad SMARTS) is 1. The van der Waals surface area contributed by atoms with Gasteiger partial charge in [-0.2, -0.15) is 0 Å². The van der Waals surface area contributed by atoms with Crippen molar-refractivity contribution in [2.45, 2.75) is 26.7 Å². The molecule has 0 spiro atoms. The van der Waals surface area contributed by atoms with Crippen LogP contribution in [0, 0.1) is 13.8 Å². The summed E-state index contributed by atoms with van der Waals surface area (Å²) in [7, 11) is 1.95. The van der Waals surface area contributed by atoms with Gasteiger partial charge in [0, 0.05) is 18.4 Å². The van der Waals surface area contributed by atoms with Crippen molar-refractivity contribution < 1.29 is 9.90 Å². The zero-order valence-electron chi connectivity index (χ0n) is 8.46. The summed E-state index contributed by atoms with van der Waals surface area (Å²) in [6.07, 6.45) is 0. The van der Waals surface area contributed by atoms with Gasteiger partial charge in [-0.25, -0.2) is 0 Å². The van der Waals surface area contributed by atoms with Crippen molar-refractivity contribution in [3.8, 4) is 0 Å². The molecule has 72 valence electrons. The zero-order chi connectivity index (χ0) is 10.2. The number of rotatable bonds is 2. The Balaban J connectivity index is 3.15. The molecule has 0 saturated carbocycles. The van der Waals surface area contributed by atoms with Crippen LogP contribution in [0.1, 0.15) is 29.8 Å². The third kappa shape index (κ3) is 1.59. The highest BCUT2D eigenvalue weighted by atomic mass is 16.4. The minimum absolute atomic E-state index is 0.417. The molecule has 1 rings (SSSR count). The number of nitrogens with zero attached hydrogens (tertiary/aromatic N) is 1. The van der Waals surface area contributed by atoms with Gasteiger partial charge in [-0.1, -0.05) is 0 Å². The van der Waals surface area contributed by atoms with Gasteiger partial charge in [0.05, 0.1) is 5.92 Å². The van der Waals surface area contributed by atoms with Gasteiger partial charge in [-0.05, 0) is 32.4 Å². The summed E-state index contributed by atoms with van der Waals surface area (Å²) in [5.74, 6) is -1.19. The van der Waals surface area contributed by atoms with Gasteiger partial charge in [0.2, 0.25) is 0 Å². The van der Waals surface area contributed by atoms with Gasteiger partial charge in [0.1, 0.15) is 0 Å². The first-order chi connectivity index (χ1) is 5.95. The maximum atomic E-state index is 10.8. The SMILES string of the molecule is Cc1cc(C(C)C(=O)O)c(C)n1C. The van der Waals surface area contributed by atoms with Gasteiger partial charge >= 0.3 is 5.97 Å². The number of carbonyl (C=O) groups is 1. The topological polar surface area (TPSA) is 42.2 Å². The van der Waals surface area contributed by atoms with Crippen molar-refractivity contribution >= 4 is 5.97 Å². The fourth-order valence-electron chi connectivity index (χ4n) is 1.46. The molecule has 1 aromatic rings. The number of aliphatic carboxylic acids is 1. The average Bonchev–Trinajstić information content (AvgIpc) is 2.31.